The molecule has 1 N–H and O–H groups in total. The largest absolute Gasteiger partial charge is 0.305 e. The molecule has 0 aliphatic carbocycles. The number of hydrogen-bond donors (Lipinski definition) is 1. The summed E-state index contributed by atoms with van der Waals surface area (Å²) in [5.74, 6) is 2.57. The van der Waals surface area contributed by atoms with Crippen LogP contribution < -0.4 is 5.32 Å². The van der Waals surface area contributed by atoms with Crippen molar-refractivity contribution < 1.29 is 0 Å². The molecule has 0 unspecified atom stereocenters. The van der Waals surface area contributed by atoms with Crippen LogP contribution in [-0.4, -0.2) is 36.6 Å². The molecule has 0 radical (unpaired) electrons. The molecule has 76 valence electrons. The Morgan fingerprint density at radius 3 is 2.15 bits per heavy atom. The van der Waals surface area contributed by atoms with Crippen molar-refractivity contribution in [1.29, 1.82) is 0 Å². The van der Waals surface area contributed by atoms with E-state index in [1.807, 2.05) is 0 Å². The number of hydrogen-bond acceptors (Lipinski definition) is 2. The van der Waals surface area contributed by atoms with Crippen LogP contribution in [0.1, 0.15) is 27.7 Å². The average Bonchev–Trinajstić information content (AvgIpc) is 2.02. The second-order valence-corrected chi connectivity index (χ2v) is 3.81. The molecule has 2 heteroatoms. The van der Waals surface area contributed by atoms with E-state index in [0.717, 1.165) is 13.1 Å². The van der Waals surface area contributed by atoms with Crippen molar-refractivity contribution in [2.45, 2.75) is 39.8 Å². The van der Waals surface area contributed by atoms with E-state index < -0.39 is 0 Å². The van der Waals surface area contributed by atoms with Crippen molar-refractivity contribution in [3.8, 4) is 12.3 Å². The van der Waals surface area contributed by atoms with Gasteiger partial charge in [-0.2, -0.15) is 0 Å². The second-order valence-electron chi connectivity index (χ2n) is 3.81. The van der Waals surface area contributed by atoms with Crippen molar-refractivity contribution in [3.05, 3.63) is 0 Å². The van der Waals surface area contributed by atoms with Crippen LogP contribution in [-0.2, 0) is 0 Å². The molecule has 0 saturated carbocycles. The molecule has 0 bridgehead atoms. The van der Waals surface area contributed by atoms with Gasteiger partial charge in [-0.15, -0.1) is 6.42 Å². The molecule has 0 aromatic carbocycles. The van der Waals surface area contributed by atoms with Gasteiger partial charge in [-0.25, -0.2) is 0 Å². The van der Waals surface area contributed by atoms with Crippen molar-refractivity contribution in [2.24, 2.45) is 0 Å². The van der Waals surface area contributed by atoms with E-state index in [0.29, 0.717) is 18.6 Å². The van der Waals surface area contributed by atoms with Crippen molar-refractivity contribution >= 4 is 0 Å². The highest BCUT2D eigenvalue weighted by molar-refractivity contribution is 4.86. The summed E-state index contributed by atoms with van der Waals surface area (Å²) in [4.78, 5) is 2.45. The van der Waals surface area contributed by atoms with E-state index in [1.54, 1.807) is 0 Å². The van der Waals surface area contributed by atoms with E-state index in [-0.39, 0.29) is 0 Å². The Kier molecular flexibility index (Phi) is 6.66. The lowest BCUT2D eigenvalue weighted by Gasteiger charge is -2.30. The molecule has 0 atom stereocenters. The van der Waals surface area contributed by atoms with Crippen molar-refractivity contribution in [3.63, 3.8) is 0 Å². The molecule has 0 aromatic rings. The Morgan fingerprint density at radius 2 is 1.77 bits per heavy atom. The fourth-order valence-electron chi connectivity index (χ4n) is 1.48. The zero-order valence-electron chi connectivity index (χ0n) is 9.30. The van der Waals surface area contributed by atoms with Crippen molar-refractivity contribution in [2.75, 3.05) is 19.6 Å². The van der Waals surface area contributed by atoms with Gasteiger partial charge in [0.05, 0.1) is 6.54 Å². The third kappa shape index (κ3) is 5.68. The van der Waals surface area contributed by atoms with Gasteiger partial charge in [0, 0.05) is 25.2 Å². The minimum Gasteiger partial charge on any atom is -0.305 e. The zero-order chi connectivity index (χ0) is 10.3. The van der Waals surface area contributed by atoms with Crippen LogP contribution in [0.5, 0.6) is 0 Å². The SMILES string of the molecule is C#CCNCCN(C(C)C)C(C)C. The predicted molar refractivity (Wildman–Crippen MR) is 58.7 cm³/mol. The molecule has 0 aliphatic heterocycles. The minimum atomic E-state index is 0.604. The lowest BCUT2D eigenvalue weighted by molar-refractivity contribution is 0.176. The van der Waals surface area contributed by atoms with Gasteiger partial charge in [0.15, 0.2) is 0 Å². The van der Waals surface area contributed by atoms with Gasteiger partial charge in [-0.3, -0.25) is 4.90 Å². The van der Waals surface area contributed by atoms with Gasteiger partial charge in [0.25, 0.3) is 0 Å². The molecular formula is C11H22N2. The predicted octanol–water partition coefficient (Wildman–Crippen LogP) is 1.33. The Bertz CT molecular complexity index is 148. The summed E-state index contributed by atoms with van der Waals surface area (Å²) >= 11 is 0. The first kappa shape index (κ1) is 12.5. The van der Waals surface area contributed by atoms with Gasteiger partial charge in [-0.05, 0) is 27.7 Å². The number of nitrogens with zero attached hydrogens (tertiary/aromatic N) is 1. The minimum absolute atomic E-state index is 0.604. The summed E-state index contributed by atoms with van der Waals surface area (Å²) in [5.41, 5.74) is 0. The lowest BCUT2D eigenvalue weighted by atomic mass is 10.2. The average molecular weight is 182 g/mol. The van der Waals surface area contributed by atoms with Gasteiger partial charge >= 0.3 is 0 Å². The summed E-state index contributed by atoms with van der Waals surface area (Å²) in [6.45, 7) is 11.6. The first-order chi connectivity index (χ1) is 6.09. The topological polar surface area (TPSA) is 15.3 Å². The molecule has 0 saturated heterocycles. The highest BCUT2D eigenvalue weighted by Crippen LogP contribution is 2.02. The number of terminal acetylenes is 1. The summed E-state index contributed by atoms with van der Waals surface area (Å²) in [5, 5.41) is 3.20. The lowest BCUT2D eigenvalue weighted by Crippen LogP contribution is -2.41. The molecule has 0 aromatic heterocycles. The van der Waals surface area contributed by atoms with Gasteiger partial charge in [0.2, 0.25) is 0 Å². The van der Waals surface area contributed by atoms with E-state index >= 15 is 0 Å². The van der Waals surface area contributed by atoms with Gasteiger partial charge in [0.1, 0.15) is 0 Å². The molecule has 0 amide bonds. The molecule has 2 nitrogen and oxygen atoms in total. The van der Waals surface area contributed by atoms with Crippen LogP contribution in [0.3, 0.4) is 0 Å². The van der Waals surface area contributed by atoms with Crippen LogP contribution >= 0.6 is 0 Å². The van der Waals surface area contributed by atoms with E-state index in [1.165, 1.54) is 0 Å². The maximum Gasteiger partial charge on any atom is 0.0574 e. The van der Waals surface area contributed by atoms with E-state index in [9.17, 15) is 0 Å². The Balaban J connectivity index is 3.65. The highest BCUT2D eigenvalue weighted by Gasteiger charge is 2.11. The molecule has 0 spiro atoms. The van der Waals surface area contributed by atoms with Crippen LogP contribution in [0.15, 0.2) is 0 Å². The van der Waals surface area contributed by atoms with Crippen LogP contribution in [0.25, 0.3) is 0 Å². The first-order valence-electron chi connectivity index (χ1n) is 4.99. The molecule has 0 heterocycles. The van der Waals surface area contributed by atoms with E-state index in [4.69, 9.17) is 6.42 Å². The molecule has 0 rings (SSSR count). The Labute approximate surface area is 82.7 Å². The fourth-order valence-corrected chi connectivity index (χ4v) is 1.48. The fraction of sp³-hybridized carbons (Fsp3) is 0.818. The standard InChI is InChI=1S/C11H22N2/c1-6-7-12-8-9-13(10(2)3)11(4)5/h1,10-12H,7-9H2,2-5H3. The summed E-state index contributed by atoms with van der Waals surface area (Å²) in [6.07, 6.45) is 5.14. The molecule has 13 heavy (non-hydrogen) atoms. The summed E-state index contributed by atoms with van der Waals surface area (Å²) in [7, 11) is 0. The summed E-state index contributed by atoms with van der Waals surface area (Å²) < 4.78 is 0. The van der Waals surface area contributed by atoms with Crippen LogP contribution in [0.2, 0.25) is 0 Å². The maximum absolute atomic E-state index is 5.14. The third-order valence-corrected chi connectivity index (χ3v) is 2.10. The third-order valence-electron chi connectivity index (χ3n) is 2.10. The molecule has 0 fully saturated rings. The number of rotatable bonds is 6. The zero-order valence-corrected chi connectivity index (χ0v) is 9.30. The van der Waals surface area contributed by atoms with Crippen LogP contribution in [0, 0.1) is 12.3 Å². The highest BCUT2D eigenvalue weighted by atomic mass is 15.2. The smallest absolute Gasteiger partial charge is 0.0574 e. The van der Waals surface area contributed by atoms with E-state index in [2.05, 4.69) is 43.8 Å². The molecule has 0 aliphatic rings. The monoisotopic (exact) mass is 182 g/mol. The normalized spacial score (nSPS) is 11.2. The Morgan fingerprint density at radius 1 is 1.23 bits per heavy atom. The number of nitrogens with one attached hydrogen (secondary N) is 1. The molecular weight excluding hydrogens is 160 g/mol. The first-order valence-corrected chi connectivity index (χ1v) is 4.99. The second kappa shape index (κ2) is 6.94. The Hall–Kier alpha value is -0.520. The van der Waals surface area contributed by atoms with Gasteiger partial charge < -0.3 is 5.32 Å². The van der Waals surface area contributed by atoms with Gasteiger partial charge in [-0.1, -0.05) is 5.92 Å². The van der Waals surface area contributed by atoms with Crippen LogP contribution in [0.4, 0.5) is 0 Å². The quantitative estimate of drug-likeness (QED) is 0.492. The summed E-state index contributed by atoms with van der Waals surface area (Å²) in [6, 6.07) is 1.21. The van der Waals surface area contributed by atoms with Crippen molar-refractivity contribution in [1.82, 2.24) is 10.2 Å². The maximum atomic E-state index is 5.14.